The van der Waals surface area contributed by atoms with Crippen molar-refractivity contribution in [3.63, 3.8) is 0 Å². The first-order valence-corrected chi connectivity index (χ1v) is 7.99. The Bertz CT molecular complexity index is 451. The molecular formula is C15H23ClN4. The average Bonchev–Trinajstić information content (AvgIpc) is 3.02. The number of piperazine rings is 1. The predicted octanol–water partition coefficient (Wildman–Crippen LogP) is 2.26. The number of halogens is 1. The van der Waals surface area contributed by atoms with Crippen LogP contribution in [0.5, 0.6) is 0 Å². The van der Waals surface area contributed by atoms with E-state index in [1.54, 1.807) is 6.20 Å². The van der Waals surface area contributed by atoms with Gasteiger partial charge in [0.15, 0.2) is 0 Å². The van der Waals surface area contributed by atoms with Crippen LogP contribution < -0.4 is 10.6 Å². The lowest BCUT2D eigenvalue weighted by atomic mass is 10.1. The van der Waals surface area contributed by atoms with Crippen LogP contribution in [-0.4, -0.2) is 42.1 Å². The Hall–Kier alpha value is -0.840. The van der Waals surface area contributed by atoms with Crippen molar-refractivity contribution in [2.45, 2.75) is 38.3 Å². The maximum Gasteiger partial charge on any atom is 0.128 e. The number of hydrogen-bond acceptors (Lipinski definition) is 4. The fourth-order valence-corrected chi connectivity index (χ4v) is 3.56. The predicted molar refractivity (Wildman–Crippen MR) is 83.2 cm³/mol. The molecule has 1 aliphatic carbocycles. The highest BCUT2D eigenvalue weighted by Crippen LogP contribution is 2.26. The maximum absolute atomic E-state index is 6.08. The number of rotatable bonds is 3. The van der Waals surface area contributed by atoms with E-state index >= 15 is 0 Å². The van der Waals surface area contributed by atoms with E-state index in [2.05, 4.69) is 14.8 Å². The standard InChI is InChI=1S/C15H23ClN4/c16-14-11-18-15(9-12(14)10-17)20-7-5-19(6-8-20)13-3-1-2-4-13/h9,11,13H,1-8,10,17H2. The first kappa shape index (κ1) is 14.1. The molecule has 1 aromatic rings. The number of nitrogens with zero attached hydrogens (tertiary/aromatic N) is 3. The van der Waals surface area contributed by atoms with Crippen LogP contribution in [0.2, 0.25) is 5.02 Å². The summed E-state index contributed by atoms with van der Waals surface area (Å²) in [5.41, 5.74) is 6.70. The summed E-state index contributed by atoms with van der Waals surface area (Å²) in [5.74, 6) is 1.01. The highest BCUT2D eigenvalue weighted by atomic mass is 35.5. The fourth-order valence-electron chi connectivity index (χ4n) is 3.38. The third-order valence-corrected chi connectivity index (χ3v) is 4.96. The smallest absolute Gasteiger partial charge is 0.128 e. The van der Waals surface area contributed by atoms with Crippen molar-refractivity contribution in [2.75, 3.05) is 31.1 Å². The lowest BCUT2D eigenvalue weighted by molar-refractivity contribution is 0.187. The summed E-state index contributed by atoms with van der Waals surface area (Å²) in [7, 11) is 0. The molecule has 4 nitrogen and oxygen atoms in total. The normalized spacial score (nSPS) is 21.6. The molecular weight excluding hydrogens is 272 g/mol. The zero-order valence-electron chi connectivity index (χ0n) is 11.9. The van der Waals surface area contributed by atoms with Gasteiger partial charge in [-0.3, -0.25) is 4.90 Å². The van der Waals surface area contributed by atoms with Crippen LogP contribution in [0, 0.1) is 0 Å². The lowest BCUT2D eigenvalue weighted by Gasteiger charge is -2.38. The van der Waals surface area contributed by atoms with Gasteiger partial charge in [0.05, 0.1) is 5.02 Å². The monoisotopic (exact) mass is 294 g/mol. The van der Waals surface area contributed by atoms with Crippen molar-refractivity contribution >= 4 is 17.4 Å². The molecule has 110 valence electrons. The Morgan fingerprint density at radius 2 is 1.90 bits per heavy atom. The molecule has 0 spiro atoms. The van der Waals surface area contributed by atoms with Crippen molar-refractivity contribution < 1.29 is 0 Å². The number of pyridine rings is 1. The van der Waals surface area contributed by atoms with Gasteiger partial charge < -0.3 is 10.6 Å². The molecule has 1 aliphatic heterocycles. The minimum atomic E-state index is 0.469. The van der Waals surface area contributed by atoms with Crippen LogP contribution in [0.4, 0.5) is 5.82 Å². The lowest BCUT2D eigenvalue weighted by Crippen LogP contribution is -2.50. The van der Waals surface area contributed by atoms with Gasteiger partial charge in [0.1, 0.15) is 5.82 Å². The molecule has 1 saturated carbocycles. The molecule has 0 bridgehead atoms. The maximum atomic E-state index is 6.08. The Kier molecular flexibility index (Phi) is 4.44. The Balaban J connectivity index is 1.62. The van der Waals surface area contributed by atoms with Crippen LogP contribution >= 0.6 is 11.6 Å². The first-order chi connectivity index (χ1) is 9.78. The fraction of sp³-hybridized carbons (Fsp3) is 0.667. The van der Waals surface area contributed by atoms with E-state index in [0.717, 1.165) is 43.6 Å². The number of anilines is 1. The molecule has 0 atom stereocenters. The van der Waals surface area contributed by atoms with Gasteiger partial charge >= 0.3 is 0 Å². The van der Waals surface area contributed by atoms with Crippen LogP contribution in [0.25, 0.3) is 0 Å². The highest BCUT2D eigenvalue weighted by Gasteiger charge is 2.26. The molecule has 0 amide bonds. The van der Waals surface area contributed by atoms with E-state index in [9.17, 15) is 0 Å². The molecule has 2 aliphatic rings. The van der Waals surface area contributed by atoms with Gasteiger partial charge in [-0.1, -0.05) is 24.4 Å². The van der Waals surface area contributed by atoms with Crippen LogP contribution in [0.15, 0.2) is 12.3 Å². The van der Waals surface area contributed by atoms with E-state index in [0.29, 0.717) is 11.6 Å². The van der Waals surface area contributed by atoms with E-state index in [1.165, 1.54) is 25.7 Å². The van der Waals surface area contributed by atoms with Gasteiger partial charge in [0.25, 0.3) is 0 Å². The molecule has 1 saturated heterocycles. The zero-order chi connectivity index (χ0) is 13.9. The highest BCUT2D eigenvalue weighted by molar-refractivity contribution is 6.31. The quantitative estimate of drug-likeness (QED) is 0.929. The van der Waals surface area contributed by atoms with Crippen molar-refractivity contribution in [2.24, 2.45) is 5.73 Å². The number of hydrogen-bond donors (Lipinski definition) is 1. The van der Waals surface area contributed by atoms with Gasteiger partial charge in [-0.25, -0.2) is 4.98 Å². The number of nitrogens with two attached hydrogens (primary N) is 1. The van der Waals surface area contributed by atoms with E-state index in [-0.39, 0.29) is 0 Å². The summed E-state index contributed by atoms with van der Waals surface area (Å²) >= 11 is 6.08. The Labute approximate surface area is 125 Å². The molecule has 0 unspecified atom stereocenters. The van der Waals surface area contributed by atoms with E-state index < -0.39 is 0 Å². The first-order valence-electron chi connectivity index (χ1n) is 7.61. The molecule has 5 heteroatoms. The summed E-state index contributed by atoms with van der Waals surface area (Å²) in [6.45, 7) is 4.86. The summed E-state index contributed by atoms with van der Waals surface area (Å²) in [4.78, 5) is 9.46. The van der Waals surface area contributed by atoms with Gasteiger partial charge in [-0.15, -0.1) is 0 Å². The Morgan fingerprint density at radius 1 is 1.20 bits per heavy atom. The molecule has 2 N–H and O–H groups in total. The second-order valence-electron chi connectivity index (χ2n) is 5.80. The summed E-state index contributed by atoms with van der Waals surface area (Å²) in [5, 5.41) is 0.667. The largest absolute Gasteiger partial charge is 0.354 e. The summed E-state index contributed by atoms with van der Waals surface area (Å²) < 4.78 is 0. The van der Waals surface area contributed by atoms with Gasteiger partial charge in [0.2, 0.25) is 0 Å². The van der Waals surface area contributed by atoms with Gasteiger partial charge in [-0.2, -0.15) is 0 Å². The number of aromatic nitrogens is 1. The molecule has 2 fully saturated rings. The van der Waals surface area contributed by atoms with Crippen molar-refractivity contribution in [3.8, 4) is 0 Å². The second-order valence-corrected chi connectivity index (χ2v) is 6.21. The molecule has 3 rings (SSSR count). The van der Waals surface area contributed by atoms with E-state index in [1.807, 2.05) is 6.07 Å². The van der Waals surface area contributed by atoms with Crippen LogP contribution in [-0.2, 0) is 6.54 Å². The van der Waals surface area contributed by atoms with Gasteiger partial charge in [0, 0.05) is 45.0 Å². The van der Waals surface area contributed by atoms with E-state index in [4.69, 9.17) is 17.3 Å². The second kappa shape index (κ2) is 6.29. The zero-order valence-corrected chi connectivity index (χ0v) is 12.6. The minimum absolute atomic E-state index is 0.469. The minimum Gasteiger partial charge on any atom is -0.354 e. The topological polar surface area (TPSA) is 45.4 Å². The molecule has 0 radical (unpaired) electrons. The molecule has 0 aromatic carbocycles. The van der Waals surface area contributed by atoms with Crippen molar-refractivity contribution in [1.82, 2.24) is 9.88 Å². The van der Waals surface area contributed by atoms with Gasteiger partial charge in [-0.05, 0) is 24.5 Å². The molecule has 2 heterocycles. The van der Waals surface area contributed by atoms with Crippen molar-refractivity contribution in [3.05, 3.63) is 22.8 Å². The van der Waals surface area contributed by atoms with Crippen LogP contribution in [0.1, 0.15) is 31.2 Å². The summed E-state index contributed by atoms with van der Waals surface area (Å²) in [6, 6.07) is 2.86. The SMILES string of the molecule is NCc1cc(N2CCN(C3CCCC3)CC2)ncc1Cl. The Morgan fingerprint density at radius 3 is 2.55 bits per heavy atom. The summed E-state index contributed by atoms with van der Waals surface area (Å²) in [6.07, 6.45) is 7.31. The van der Waals surface area contributed by atoms with Crippen LogP contribution in [0.3, 0.4) is 0 Å². The van der Waals surface area contributed by atoms with Crippen molar-refractivity contribution in [1.29, 1.82) is 0 Å². The third-order valence-electron chi connectivity index (χ3n) is 4.62. The third kappa shape index (κ3) is 2.92. The molecule has 1 aromatic heterocycles. The average molecular weight is 295 g/mol. The molecule has 20 heavy (non-hydrogen) atoms.